The zero-order valence-electron chi connectivity index (χ0n) is 20.2. The van der Waals surface area contributed by atoms with Crippen molar-refractivity contribution >= 4 is 57.1 Å². The number of aromatic nitrogens is 1. The van der Waals surface area contributed by atoms with E-state index in [0.29, 0.717) is 17.0 Å². The molecule has 1 aromatic carbocycles. The van der Waals surface area contributed by atoms with Crippen LogP contribution in [-0.4, -0.2) is 55.6 Å². The van der Waals surface area contributed by atoms with Crippen molar-refractivity contribution in [1.82, 2.24) is 4.98 Å². The van der Waals surface area contributed by atoms with Gasteiger partial charge in [0.2, 0.25) is 5.91 Å². The van der Waals surface area contributed by atoms with Gasteiger partial charge in [-0.15, -0.1) is 22.7 Å². The number of nitrogens with one attached hydrogen (secondary N) is 1. The molecule has 36 heavy (non-hydrogen) atoms. The zero-order valence-corrected chi connectivity index (χ0v) is 21.8. The van der Waals surface area contributed by atoms with Gasteiger partial charge in [-0.3, -0.25) is 14.5 Å². The molecule has 0 saturated heterocycles. The van der Waals surface area contributed by atoms with Gasteiger partial charge in [0.1, 0.15) is 22.2 Å². The number of hydrogen-bond acceptors (Lipinski definition) is 10. The molecular formula is C24H23N3O7S2. The van der Waals surface area contributed by atoms with Crippen LogP contribution in [0.5, 0.6) is 5.75 Å². The number of aryl methyl sites for hydroxylation is 1. The minimum Gasteiger partial charge on any atom is -0.479 e. The lowest BCUT2D eigenvalue weighted by Gasteiger charge is -2.32. The Hall–Kier alpha value is -3.77. The summed E-state index contributed by atoms with van der Waals surface area (Å²) in [5, 5.41) is 5.60. The molecule has 1 aliphatic heterocycles. The number of anilines is 2. The van der Waals surface area contributed by atoms with E-state index < -0.39 is 29.9 Å². The van der Waals surface area contributed by atoms with E-state index in [9.17, 15) is 19.2 Å². The first-order valence-electron chi connectivity index (χ1n) is 10.8. The Balaban J connectivity index is 1.65. The summed E-state index contributed by atoms with van der Waals surface area (Å²) in [7, 11) is 2.43. The van der Waals surface area contributed by atoms with Crippen LogP contribution in [0.3, 0.4) is 0 Å². The molecular weight excluding hydrogens is 506 g/mol. The highest BCUT2D eigenvalue weighted by Gasteiger charge is 2.34. The lowest BCUT2D eigenvalue weighted by atomic mass is 10.1. The Morgan fingerprint density at radius 1 is 1.17 bits per heavy atom. The molecule has 1 atom stereocenters. The number of carbonyl (C=O) groups excluding carboxylic acids is 4. The van der Waals surface area contributed by atoms with Crippen molar-refractivity contribution in [2.24, 2.45) is 0 Å². The first-order chi connectivity index (χ1) is 17.1. The molecule has 0 fully saturated rings. The highest BCUT2D eigenvalue weighted by atomic mass is 32.1. The van der Waals surface area contributed by atoms with Crippen LogP contribution in [0.25, 0.3) is 11.3 Å². The average molecular weight is 530 g/mol. The molecule has 1 N–H and O–H groups in total. The van der Waals surface area contributed by atoms with Crippen molar-refractivity contribution in [2.45, 2.75) is 26.9 Å². The zero-order chi connectivity index (χ0) is 26.1. The second-order valence-electron chi connectivity index (χ2n) is 7.91. The van der Waals surface area contributed by atoms with Crippen molar-refractivity contribution in [3.63, 3.8) is 0 Å². The van der Waals surface area contributed by atoms with E-state index in [1.54, 1.807) is 26.0 Å². The van der Waals surface area contributed by atoms with Gasteiger partial charge in [0.15, 0.2) is 6.10 Å². The number of nitrogens with zero attached hydrogens (tertiary/aromatic N) is 2. The summed E-state index contributed by atoms with van der Waals surface area (Å²) in [5.74, 6) is -1.85. The van der Waals surface area contributed by atoms with Crippen LogP contribution in [-0.2, 0) is 19.1 Å². The van der Waals surface area contributed by atoms with Gasteiger partial charge in [0, 0.05) is 10.9 Å². The summed E-state index contributed by atoms with van der Waals surface area (Å²) in [4.78, 5) is 56.6. The molecule has 4 rings (SSSR count). The number of amides is 2. The molecule has 0 spiro atoms. The molecule has 1 unspecified atom stereocenters. The number of fused-ring (bicyclic) bond motifs is 1. The molecule has 10 nitrogen and oxygen atoms in total. The van der Waals surface area contributed by atoms with E-state index in [2.05, 4.69) is 10.3 Å². The highest BCUT2D eigenvalue weighted by Crippen LogP contribution is 2.38. The SMILES string of the molecule is COC(=O)c1sc(NC(=O)CN2C(=O)C(C)Oc3ccc(-c4csc(C)n4)cc32)c(C(=O)OC)c1C. The van der Waals surface area contributed by atoms with Crippen LogP contribution in [0.15, 0.2) is 23.6 Å². The van der Waals surface area contributed by atoms with Crippen molar-refractivity contribution in [2.75, 3.05) is 31.0 Å². The van der Waals surface area contributed by atoms with Gasteiger partial charge < -0.3 is 19.5 Å². The maximum Gasteiger partial charge on any atom is 0.348 e. The minimum atomic E-state index is -0.793. The summed E-state index contributed by atoms with van der Waals surface area (Å²) in [5.41, 5.74) is 2.35. The van der Waals surface area contributed by atoms with E-state index in [1.807, 2.05) is 18.4 Å². The van der Waals surface area contributed by atoms with Crippen LogP contribution in [0.4, 0.5) is 10.7 Å². The van der Waals surface area contributed by atoms with Crippen molar-refractivity contribution in [3.8, 4) is 17.0 Å². The molecule has 12 heteroatoms. The van der Waals surface area contributed by atoms with E-state index >= 15 is 0 Å². The number of esters is 2. The first kappa shape index (κ1) is 25.3. The highest BCUT2D eigenvalue weighted by molar-refractivity contribution is 7.18. The topological polar surface area (TPSA) is 124 Å². The number of methoxy groups -OCH3 is 2. The third-order valence-electron chi connectivity index (χ3n) is 5.54. The Bertz CT molecular complexity index is 1380. The van der Waals surface area contributed by atoms with E-state index in [0.717, 1.165) is 27.6 Å². The number of carbonyl (C=O) groups is 4. The van der Waals surface area contributed by atoms with Gasteiger partial charge in [-0.25, -0.2) is 14.6 Å². The molecule has 2 aromatic heterocycles. The standard InChI is InChI=1S/C24H23N3O7S2/c1-11-19(23(30)32-4)21(36-20(11)24(31)33-5)26-18(28)9-27-16-8-14(15-10-35-13(3)25-15)6-7-17(16)34-12(2)22(27)29/h6-8,10,12H,9H2,1-5H3,(H,26,28). The molecule has 0 bridgehead atoms. The lowest BCUT2D eigenvalue weighted by Crippen LogP contribution is -2.47. The number of rotatable bonds is 6. The third-order valence-corrected chi connectivity index (χ3v) is 7.50. The Morgan fingerprint density at radius 3 is 2.53 bits per heavy atom. The van der Waals surface area contributed by atoms with Crippen LogP contribution in [0.1, 0.15) is 37.5 Å². The van der Waals surface area contributed by atoms with Gasteiger partial charge in [0.25, 0.3) is 5.91 Å². The minimum absolute atomic E-state index is 0.0551. The van der Waals surface area contributed by atoms with Gasteiger partial charge in [-0.1, -0.05) is 0 Å². The summed E-state index contributed by atoms with van der Waals surface area (Å²) < 4.78 is 15.3. The number of thiazole rings is 1. The largest absolute Gasteiger partial charge is 0.479 e. The second-order valence-corrected chi connectivity index (χ2v) is 9.99. The summed E-state index contributed by atoms with van der Waals surface area (Å²) in [6.45, 7) is 4.73. The first-order valence-corrected chi connectivity index (χ1v) is 12.5. The average Bonchev–Trinajstić information content (AvgIpc) is 3.43. The Labute approximate surface area is 214 Å². The maximum absolute atomic E-state index is 13.1. The van der Waals surface area contributed by atoms with Crippen molar-refractivity contribution < 1.29 is 33.4 Å². The van der Waals surface area contributed by atoms with Gasteiger partial charge >= 0.3 is 11.9 Å². The molecule has 3 heterocycles. The molecule has 0 radical (unpaired) electrons. The van der Waals surface area contributed by atoms with E-state index in [-0.39, 0.29) is 22.0 Å². The fourth-order valence-corrected chi connectivity index (χ4v) is 5.52. The Morgan fingerprint density at radius 2 is 1.89 bits per heavy atom. The van der Waals surface area contributed by atoms with Gasteiger partial charge in [-0.2, -0.15) is 0 Å². The van der Waals surface area contributed by atoms with Gasteiger partial charge in [-0.05, 0) is 44.5 Å². The predicted octanol–water partition coefficient (Wildman–Crippen LogP) is 3.81. The van der Waals surface area contributed by atoms with Gasteiger partial charge in [0.05, 0.1) is 36.2 Å². The third kappa shape index (κ3) is 4.69. The normalized spacial score (nSPS) is 14.6. The van der Waals surface area contributed by atoms with Crippen molar-refractivity contribution in [1.29, 1.82) is 0 Å². The number of benzene rings is 1. The maximum atomic E-state index is 13.1. The number of hydrogen-bond donors (Lipinski definition) is 1. The molecule has 3 aromatic rings. The number of thiophene rings is 1. The molecule has 0 aliphatic carbocycles. The van der Waals surface area contributed by atoms with E-state index in [1.165, 1.54) is 30.5 Å². The number of ether oxygens (including phenoxy) is 3. The summed E-state index contributed by atoms with van der Waals surface area (Å²) in [6.07, 6.45) is -0.793. The molecule has 0 saturated carbocycles. The van der Waals surface area contributed by atoms with Crippen molar-refractivity contribution in [3.05, 3.63) is 44.6 Å². The van der Waals surface area contributed by atoms with Crippen LogP contribution < -0.4 is 15.0 Å². The molecule has 188 valence electrons. The second kappa shape index (κ2) is 10.1. The fraction of sp³-hybridized carbons (Fsp3) is 0.292. The Kier molecular flexibility index (Phi) is 7.09. The predicted molar refractivity (Wildman–Crippen MR) is 135 cm³/mol. The van der Waals surface area contributed by atoms with Crippen LogP contribution in [0, 0.1) is 13.8 Å². The van der Waals surface area contributed by atoms with Crippen LogP contribution >= 0.6 is 22.7 Å². The fourth-order valence-electron chi connectivity index (χ4n) is 3.77. The van der Waals surface area contributed by atoms with Crippen LogP contribution in [0.2, 0.25) is 0 Å². The monoisotopic (exact) mass is 529 g/mol. The smallest absolute Gasteiger partial charge is 0.348 e. The summed E-state index contributed by atoms with van der Waals surface area (Å²) >= 11 is 2.41. The lowest BCUT2D eigenvalue weighted by molar-refractivity contribution is -0.127. The summed E-state index contributed by atoms with van der Waals surface area (Å²) in [6, 6.07) is 5.35. The quantitative estimate of drug-likeness (QED) is 0.478. The molecule has 1 aliphatic rings. The molecule has 2 amide bonds. The van der Waals surface area contributed by atoms with E-state index in [4.69, 9.17) is 14.2 Å².